The summed E-state index contributed by atoms with van der Waals surface area (Å²) < 4.78 is 40.0. The Kier molecular flexibility index (Phi) is 4.29. The summed E-state index contributed by atoms with van der Waals surface area (Å²) >= 11 is 0. The first-order valence-electron chi connectivity index (χ1n) is 8.62. The first kappa shape index (κ1) is 17.4. The van der Waals surface area contributed by atoms with Gasteiger partial charge in [-0.15, -0.1) is 0 Å². The van der Waals surface area contributed by atoms with E-state index in [2.05, 4.69) is 31.4 Å². The second-order valence-electron chi connectivity index (χ2n) is 6.42. The summed E-state index contributed by atoms with van der Waals surface area (Å²) in [7, 11) is 0. The number of rotatable bonds is 3. The lowest BCUT2D eigenvalue weighted by atomic mass is 10.0. The maximum absolute atomic E-state index is 12.8. The van der Waals surface area contributed by atoms with Gasteiger partial charge in [0.2, 0.25) is 5.95 Å². The van der Waals surface area contributed by atoms with Crippen LogP contribution in [0.3, 0.4) is 0 Å². The summed E-state index contributed by atoms with van der Waals surface area (Å²) in [5.41, 5.74) is 3.90. The highest BCUT2D eigenvalue weighted by Gasteiger charge is 2.36. The molecule has 140 valence electrons. The van der Waals surface area contributed by atoms with Gasteiger partial charge in [0.05, 0.1) is 17.6 Å². The van der Waals surface area contributed by atoms with Crippen molar-refractivity contribution in [2.75, 3.05) is 5.32 Å². The van der Waals surface area contributed by atoms with Crippen molar-refractivity contribution >= 4 is 17.2 Å². The molecule has 0 saturated carbocycles. The fourth-order valence-electron chi connectivity index (χ4n) is 3.01. The van der Waals surface area contributed by atoms with Crippen LogP contribution in [0.2, 0.25) is 0 Å². The summed E-state index contributed by atoms with van der Waals surface area (Å²) in [4.78, 5) is 13.1. The standard InChI is InChI=1S/C18H17F3N6/c1-11(18(19,20)21)24-17-22-10-13-12(4-2-3-5-14(13)26-17)15-7-9-27-16(25-15)6-8-23-27/h4,6-11H,2-3,5H2,1H3,(H,22,24,26)/t11-/m1/s1. The van der Waals surface area contributed by atoms with E-state index in [0.717, 1.165) is 47.9 Å². The van der Waals surface area contributed by atoms with Crippen molar-refractivity contribution < 1.29 is 13.2 Å². The molecule has 1 aliphatic carbocycles. The van der Waals surface area contributed by atoms with Crippen LogP contribution in [0.25, 0.3) is 11.2 Å². The van der Waals surface area contributed by atoms with Crippen LogP contribution in [-0.4, -0.2) is 36.8 Å². The Morgan fingerprint density at radius 2 is 2.07 bits per heavy atom. The number of aromatic nitrogens is 5. The largest absolute Gasteiger partial charge is 0.408 e. The molecule has 0 aromatic carbocycles. The molecule has 3 aromatic rings. The number of anilines is 1. The van der Waals surface area contributed by atoms with Gasteiger partial charge in [0.1, 0.15) is 6.04 Å². The minimum atomic E-state index is -4.36. The third kappa shape index (κ3) is 3.49. The van der Waals surface area contributed by atoms with Crippen LogP contribution >= 0.6 is 0 Å². The van der Waals surface area contributed by atoms with Gasteiger partial charge in [-0.3, -0.25) is 0 Å². The number of hydrogen-bond donors (Lipinski definition) is 1. The van der Waals surface area contributed by atoms with Crippen molar-refractivity contribution in [1.82, 2.24) is 24.6 Å². The molecular weight excluding hydrogens is 357 g/mol. The second kappa shape index (κ2) is 6.64. The highest BCUT2D eigenvalue weighted by Crippen LogP contribution is 2.30. The van der Waals surface area contributed by atoms with Crippen molar-refractivity contribution in [2.24, 2.45) is 0 Å². The topological polar surface area (TPSA) is 68.0 Å². The van der Waals surface area contributed by atoms with Crippen LogP contribution in [0.5, 0.6) is 0 Å². The number of halogens is 3. The predicted molar refractivity (Wildman–Crippen MR) is 94.2 cm³/mol. The van der Waals surface area contributed by atoms with Gasteiger partial charge in [-0.1, -0.05) is 6.08 Å². The predicted octanol–water partition coefficient (Wildman–Crippen LogP) is 3.65. The van der Waals surface area contributed by atoms with E-state index in [0.29, 0.717) is 6.42 Å². The normalized spacial score (nSPS) is 15.8. The molecule has 0 amide bonds. The average Bonchev–Trinajstić information content (AvgIpc) is 2.99. The molecule has 27 heavy (non-hydrogen) atoms. The Balaban J connectivity index is 1.69. The molecule has 4 rings (SSSR count). The minimum Gasteiger partial charge on any atom is -0.343 e. The second-order valence-corrected chi connectivity index (χ2v) is 6.42. The minimum absolute atomic E-state index is 0.0148. The summed E-state index contributed by atoms with van der Waals surface area (Å²) in [6.45, 7) is 1.05. The van der Waals surface area contributed by atoms with E-state index in [1.54, 1.807) is 16.9 Å². The molecule has 0 bridgehead atoms. The molecule has 0 saturated heterocycles. The molecule has 1 atom stereocenters. The lowest BCUT2D eigenvalue weighted by Crippen LogP contribution is -2.33. The monoisotopic (exact) mass is 374 g/mol. The van der Waals surface area contributed by atoms with E-state index in [1.807, 2.05) is 18.3 Å². The lowest BCUT2D eigenvalue weighted by molar-refractivity contribution is -0.138. The Morgan fingerprint density at radius 1 is 1.22 bits per heavy atom. The molecular formula is C18H17F3N6. The van der Waals surface area contributed by atoms with E-state index >= 15 is 0 Å². The zero-order chi connectivity index (χ0) is 19.0. The van der Waals surface area contributed by atoms with Gasteiger partial charge in [-0.2, -0.15) is 18.3 Å². The van der Waals surface area contributed by atoms with Crippen molar-refractivity contribution in [3.8, 4) is 0 Å². The van der Waals surface area contributed by atoms with Gasteiger partial charge in [0.25, 0.3) is 0 Å². The van der Waals surface area contributed by atoms with Gasteiger partial charge < -0.3 is 5.32 Å². The van der Waals surface area contributed by atoms with E-state index in [-0.39, 0.29) is 5.95 Å². The van der Waals surface area contributed by atoms with Gasteiger partial charge in [0.15, 0.2) is 5.65 Å². The fourth-order valence-corrected chi connectivity index (χ4v) is 3.01. The molecule has 6 nitrogen and oxygen atoms in total. The number of hydrogen-bond acceptors (Lipinski definition) is 5. The van der Waals surface area contributed by atoms with E-state index in [4.69, 9.17) is 0 Å². The van der Waals surface area contributed by atoms with E-state index in [9.17, 15) is 13.2 Å². The van der Waals surface area contributed by atoms with Crippen LogP contribution in [0.15, 0.2) is 36.8 Å². The molecule has 0 fully saturated rings. The maximum atomic E-state index is 12.8. The number of nitrogens with zero attached hydrogens (tertiary/aromatic N) is 5. The molecule has 0 aliphatic heterocycles. The smallest absolute Gasteiger partial charge is 0.343 e. The van der Waals surface area contributed by atoms with Gasteiger partial charge in [0, 0.05) is 29.6 Å². The Bertz CT molecular complexity index is 1010. The van der Waals surface area contributed by atoms with Crippen molar-refractivity contribution in [3.63, 3.8) is 0 Å². The van der Waals surface area contributed by atoms with Crippen LogP contribution in [-0.2, 0) is 6.42 Å². The molecule has 9 heteroatoms. The molecule has 3 heterocycles. The third-order valence-corrected chi connectivity index (χ3v) is 4.49. The highest BCUT2D eigenvalue weighted by atomic mass is 19.4. The molecule has 1 N–H and O–H groups in total. The number of nitrogens with one attached hydrogen (secondary N) is 1. The number of aryl methyl sites for hydroxylation is 1. The van der Waals surface area contributed by atoms with Gasteiger partial charge >= 0.3 is 6.18 Å². The Morgan fingerprint density at radius 3 is 2.89 bits per heavy atom. The molecule has 0 radical (unpaired) electrons. The molecule has 0 unspecified atom stereocenters. The number of alkyl halides is 3. The Hall–Kier alpha value is -2.97. The average molecular weight is 374 g/mol. The van der Waals surface area contributed by atoms with Crippen LogP contribution < -0.4 is 5.32 Å². The molecule has 1 aliphatic rings. The van der Waals surface area contributed by atoms with Crippen LogP contribution in [0, 0.1) is 0 Å². The zero-order valence-corrected chi connectivity index (χ0v) is 14.5. The maximum Gasteiger partial charge on any atom is 0.408 e. The highest BCUT2D eigenvalue weighted by molar-refractivity contribution is 5.79. The van der Waals surface area contributed by atoms with Crippen LogP contribution in [0.4, 0.5) is 19.1 Å². The summed E-state index contributed by atoms with van der Waals surface area (Å²) in [6.07, 6.45) is 5.15. The summed E-state index contributed by atoms with van der Waals surface area (Å²) in [5.74, 6) is -0.0148. The quantitative estimate of drug-likeness (QED) is 0.758. The first-order chi connectivity index (χ1) is 12.9. The van der Waals surface area contributed by atoms with Crippen molar-refractivity contribution in [3.05, 3.63) is 53.8 Å². The van der Waals surface area contributed by atoms with Crippen molar-refractivity contribution in [1.29, 1.82) is 0 Å². The van der Waals surface area contributed by atoms with E-state index in [1.165, 1.54) is 0 Å². The zero-order valence-electron chi connectivity index (χ0n) is 14.5. The van der Waals surface area contributed by atoms with E-state index < -0.39 is 12.2 Å². The summed E-state index contributed by atoms with van der Waals surface area (Å²) in [5, 5.41) is 6.47. The van der Waals surface area contributed by atoms with Crippen molar-refractivity contribution in [2.45, 2.75) is 38.4 Å². The fraction of sp³-hybridized carbons (Fsp3) is 0.333. The third-order valence-electron chi connectivity index (χ3n) is 4.49. The molecule has 3 aromatic heterocycles. The number of fused-ring (bicyclic) bond motifs is 2. The van der Waals surface area contributed by atoms with Crippen LogP contribution in [0.1, 0.15) is 36.7 Å². The summed E-state index contributed by atoms with van der Waals surface area (Å²) in [6, 6.07) is 1.95. The first-order valence-corrected chi connectivity index (χ1v) is 8.62. The van der Waals surface area contributed by atoms with Gasteiger partial charge in [-0.05, 0) is 32.3 Å². The lowest BCUT2D eigenvalue weighted by Gasteiger charge is -2.18. The van der Waals surface area contributed by atoms with Gasteiger partial charge in [-0.25, -0.2) is 19.5 Å². The molecule has 0 spiro atoms. The SMILES string of the molecule is C[C@@H](Nc1ncc2c(n1)CCCC=C2c1ccn2nccc2n1)C(F)(F)F. The number of allylic oxidation sites excluding steroid dienone is 1. The Labute approximate surface area is 153 Å².